The van der Waals surface area contributed by atoms with Crippen molar-refractivity contribution >= 4 is 20.4 Å². The third-order valence-corrected chi connectivity index (χ3v) is 6.36. The largest absolute Gasteiger partial charge is 0.497 e. The lowest BCUT2D eigenvalue weighted by Crippen LogP contribution is -2.50. The average Bonchev–Trinajstić information content (AvgIpc) is 2.85. The van der Waals surface area contributed by atoms with Crippen LogP contribution in [0.5, 0.6) is 23.0 Å². The number of rotatable bonds is 11. The molecule has 170 valence electrons. The highest BCUT2D eigenvalue weighted by Crippen LogP contribution is 2.41. The van der Waals surface area contributed by atoms with Crippen molar-refractivity contribution < 1.29 is 23.5 Å². The molecule has 3 aromatic carbocycles. The summed E-state index contributed by atoms with van der Waals surface area (Å²) in [6.45, 7) is 1.86. The molecule has 0 fully saturated rings. The fourth-order valence-corrected chi connectivity index (χ4v) is 4.27. The summed E-state index contributed by atoms with van der Waals surface area (Å²) in [5, 5.41) is 9.53. The predicted octanol–water partition coefficient (Wildman–Crippen LogP) is 5.91. The van der Waals surface area contributed by atoms with Crippen LogP contribution in [0, 0.1) is 18.3 Å². The van der Waals surface area contributed by atoms with Crippen molar-refractivity contribution in [3.05, 3.63) is 78.4 Å². The monoisotopic (exact) mass is 482 g/mol. The van der Waals surface area contributed by atoms with E-state index in [0.717, 1.165) is 10.5 Å². The number of ether oxygens (including phenoxy) is 4. The Balaban J connectivity index is 2.00. The van der Waals surface area contributed by atoms with Crippen LogP contribution in [0.25, 0.3) is 0 Å². The van der Waals surface area contributed by atoms with E-state index in [4.69, 9.17) is 18.9 Å². The molecule has 0 spiro atoms. The number of hydrogen-bond donors (Lipinski definition) is 0. The van der Waals surface area contributed by atoms with E-state index in [-0.39, 0.29) is 6.54 Å². The van der Waals surface area contributed by atoms with E-state index in [1.165, 1.54) is 16.3 Å². The number of aryl methyl sites for hydroxylation is 1. The Morgan fingerprint density at radius 1 is 0.848 bits per heavy atom. The normalized spacial score (nSPS) is 11.1. The van der Waals surface area contributed by atoms with Crippen molar-refractivity contribution in [2.75, 3.05) is 20.8 Å². The minimum Gasteiger partial charge on any atom is -0.497 e. The second-order valence-electron chi connectivity index (χ2n) is 6.79. The fraction of sp³-hybridized carbons (Fsp3) is 0.208. The number of benzene rings is 3. The van der Waals surface area contributed by atoms with Gasteiger partial charge in [0.05, 0.1) is 20.3 Å². The summed E-state index contributed by atoms with van der Waals surface area (Å²) in [6.07, 6.45) is 0. The summed E-state index contributed by atoms with van der Waals surface area (Å²) < 4.78 is 36.9. The van der Waals surface area contributed by atoms with Crippen molar-refractivity contribution in [3.63, 3.8) is 0 Å². The maximum absolute atomic E-state index is 12.7. The zero-order valence-electron chi connectivity index (χ0n) is 18.4. The molecule has 9 heteroatoms. The summed E-state index contributed by atoms with van der Waals surface area (Å²) in [5.41, 5.74) is -0.738. The van der Waals surface area contributed by atoms with E-state index in [1.54, 1.807) is 62.8 Å². The smallest absolute Gasteiger partial charge is 0.411 e. The molecule has 33 heavy (non-hydrogen) atoms. The molecule has 0 N–H and O–H groups in total. The Labute approximate surface area is 199 Å². The summed E-state index contributed by atoms with van der Waals surface area (Å²) in [5.74, 6) is 2.07. The first-order chi connectivity index (χ1) is 16.0. The molecule has 0 aliphatic carbocycles. The Kier molecular flexibility index (Phi) is 8.56. The molecule has 3 rings (SSSR count). The van der Waals surface area contributed by atoms with E-state index in [2.05, 4.69) is 6.07 Å². The van der Waals surface area contributed by atoms with E-state index >= 15 is 0 Å². The highest BCUT2D eigenvalue weighted by molar-refractivity contribution is 7.97. The number of nitrogens with zero attached hydrogens (tertiary/aromatic N) is 2. The summed E-state index contributed by atoms with van der Waals surface area (Å²) in [4.78, 5) is 0.834. The molecule has 0 aliphatic rings. The van der Waals surface area contributed by atoms with Crippen LogP contribution in [0.2, 0.25) is 0 Å². The van der Waals surface area contributed by atoms with Crippen LogP contribution in [0.3, 0.4) is 0 Å². The average molecular weight is 482 g/mol. The topological polar surface area (TPSA) is 81.0 Å². The van der Waals surface area contributed by atoms with Gasteiger partial charge in [-0.25, -0.2) is 0 Å². The standard InChI is InChI=1S/C24H23N2O5PS/c1-18-4-14-23(15-5-18)33-26(17-16-25)24(32-27,30-21-10-6-19(28-2)7-11-21)31-22-12-8-20(29-3)9-13-22/h4-15H,17H2,1-3H3. The minimum atomic E-state index is -1.84. The van der Waals surface area contributed by atoms with Gasteiger partial charge in [-0.05, 0) is 79.5 Å². The number of methoxy groups -OCH3 is 2. The second kappa shape index (κ2) is 11.6. The van der Waals surface area contributed by atoms with Crippen molar-refractivity contribution in [3.8, 4) is 29.1 Å². The molecule has 0 amide bonds. The van der Waals surface area contributed by atoms with Gasteiger partial charge in [-0.15, -0.1) is 4.31 Å². The van der Waals surface area contributed by atoms with E-state index in [0.29, 0.717) is 23.0 Å². The van der Waals surface area contributed by atoms with Crippen LogP contribution in [0.15, 0.2) is 77.7 Å². The minimum absolute atomic E-state index is 0.125. The molecule has 0 aliphatic heterocycles. The lowest BCUT2D eigenvalue weighted by Gasteiger charge is -2.35. The van der Waals surface area contributed by atoms with Gasteiger partial charge in [0.15, 0.2) is 0 Å². The lowest BCUT2D eigenvalue weighted by molar-refractivity contribution is -0.107. The van der Waals surface area contributed by atoms with Crippen LogP contribution in [-0.2, 0) is 4.57 Å². The maximum atomic E-state index is 12.7. The van der Waals surface area contributed by atoms with Crippen LogP contribution < -0.4 is 18.9 Å². The van der Waals surface area contributed by atoms with Crippen LogP contribution >= 0.6 is 20.4 Å². The number of hydrogen-bond acceptors (Lipinski definition) is 8. The molecule has 3 aromatic rings. The first-order valence-corrected chi connectivity index (χ1v) is 11.5. The zero-order valence-corrected chi connectivity index (χ0v) is 20.1. The third-order valence-electron chi connectivity index (χ3n) is 4.50. The number of nitriles is 1. The van der Waals surface area contributed by atoms with Crippen molar-refractivity contribution in [1.29, 1.82) is 5.26 Å². The Morgan fingerprint density at radius 3 is 1.70 bits per heavy atom. The SMILES string of the molecule is COc1ccc(OC(Oc2ccc(OC)cc2)(P=O)N(CC#N)Sc2ccc(C)cc2)cc1. The van der Waals surface area contributed by atoms with Gasteiger partial charge in [0.2, 0.25) is 0 Å². The molecule has 0 unspecified atom stereocenters. The van der Waals surface area contributed by atoms with Crippen LogP contribution in [0.4, 0.5) is 0 Å². The van der Waals surface area contributed by atoms with E-state index in [9.17, 15) is 9.83 Å². The molecule has 0 bridgehead atoms. The molecule has 0 saturated heterocycles. The molecular formula is C24H23N2O5PS. The van der Waals surface area contributed by atoms with Crippen molar-refractivity contribution in [2.24, 2.45) is 0 Å². The molecule has 0 aromatic heterocycles. The van der Waals surface area contributed by atoms with Gasteiger partial charge < -0.3 is 18.9 Å². The second-order valence-corrected chi connectivity index (χ2v) is 8.64. The zero-order chi connectivity index (χ0) is 23.7. The third kappa shape index (κ3) is 6.39. The molecule has 0 atom stereocenters. The molecule has 0 heterocycles. The quantitative estimate of drug-likeness (QED) is 0.145. The predicted molar refractivity (Wildman–Crippen MR) is 127 cm³/mol. The maximum Gasteiger partial charge on any atom is 0.411 e. The summed E-state index contributed by atoms with van der Waals surface area (Å²) >= 11 is 1.21. The molecule has 7 nitrogen and oxygen atoms in total. The Bertz CT molecular complexity index is 1040. The summed E-state index contributed by atoms with van der Waals surface area (Å²) in [7, 11) is 2.63. The van der Waals surface area contributed by atoms with Gasteiger partial charge >= 0.3 is 5.65 Å². The van der Waals surface area contributed by atoms with E-state index in [1.807, 2.05) is 31.2 Å². The van der Waals surface area contributed by atoms with Crippen molar-refractivity contribution in [1.82, 2.24) is 4.31 Å². The van der Waals surface area contributed by atoms with Gasteiger partial charge in [-0.1, -0.05) is 17.7 Å². The first kappa shape index (κ1) is 24.4. The molecule has 0 radical (unpaired) electrons. The molecule has 0 saturated carbocycles. The van der Waals surface area contributed by atoms with Gasteiger partial charge in [-0.2, -0.15) is 5.26 Å². The first-order valence-electron chi connectivity index (χ1n) is 9.92. The van der Waals surface area contributed by atoms with Gasteiger partial charge in [-0.3, -0.25) is 4.57 Å². The lowest BCUT2D eigenvalue weighted by atomic mass is 10.2. The van der Waals surface area contributed by atoms with E-state index < -0.39 is 14.1 Å². The van der Waals surface area contributed by atoms with Crippen LogP contribution in [0.1, 0.15) is 5.56 Å². The Hall–Kier alpha value is -3.24. The highest BCUT2D eigenvalue weighted by Gasteiger charge is 2.45. The van der Waals surface area contributed by atoms with Gasteiger partial charge in [0, 0.05) is 4.90 Å². The fourth-order valence-electron chi connectivity index (χ4n) is 2.78. The Morgan fingerprint density at radius 2 is 1.30 bits per heavy atom. The van der Waals surface area contributed by atoms with Crippen molar-refractivity contribution in [2.45, 2.75) is 17.5 Å². The summed E-state index contributed by atoms with van der Waals surface area (Å²) in [6, 6.07) is 23.4. The van der Waals surface area contributed by atoms with Gasteiger partial charge in [0.1, 0.15) is 29.5 Å². The van der Waals surface area contributed by atoms with Crippen LogP contribution in [-0.4, -0.2) is 30.7 Å². The highest BCUT2D eigenvalue weighted by atomic mass is 32.2. The molecular weight excluding hydrogens is 459 g/mol. The van der Waals surface area contributed by atoms with Gasteiger partial charge in [0.25, 0.3) is 8.46 Å².